The fourth-order valence-corrected chi connectivity index (χ4v) is 0.576. The fraction of sp³-hybridized carbons (Fsp3) is 0.333. The van der Waals surface area contributed by atoms with Crippen LogP contribution in [0.25, 0.3) is 0 Å². The van der Waals surface area contributed by atoms with Crippen LogP contribution in [0.4, 0.5) is 0 Å². The van der Waals surface area contributed by atoms with Crippen LogP contribution < -0.4 is 0 Å². The Bertz CT molecular complexity index is 233. The summed E-state index contributed by atoms with van der Waals surface area (Å²) >= 11 is 0. The number of ether oxygens (including phenoxy) is 2. The van der Waals surface area contributed by atoms with Gasteiger partial charge in [-0.2, -0.15) is 0 Å². The van der Waals surface area contributed by atoms with E-state index in [1.807, 2.05) is 13.8 Å². The lowest BCUT2D eigenvalue weighted by Gasteiger charge is -2.11. The molecule has 0 saturated carbocycles. The normalized spacial score (nSPS) is 9.00. The Morgan fingerprint density at radius 1 is 0.786 bits per heavy atom. The zero-order valence-electron chi connectivity index (χ0n) is 9.06. The van der Waals surface area contributed by atoms with E-state index in [-0.39, 0.29) is 0 Å². The number of hydrogen-bond donors (Lipinski definition) is 0. The summed E-state index contributed by atoms with van der Waals surface area (Å²) in [5.41, 5.74) is 1.65. The highest BCUT2D eigenvalue weighted by Crippen LogP contribution is 2.07. The molecule has 0 N–H and O–H groups in total. The second kappa shape index (κ2) is 6.08. The fourth-order valence-electron chi connectivity index (χ4n) is 0.576. The molecule has 0 fully saturated rings. The summed E-state index contributed by atoms with van der Waals surface area (Å²) in [5.74, 6) is 1.18. The van der Waals surface area contributed by atoms with Gasteiger partial charge in [0.1, 0.15) is 24.7 Å². The Kier molecular flexibility index (Phi) is 5.46. The number of hydrogen-bond acceptors (Lipinski definition) is 2. The molecule has 0 atom stereocenters. The summed E-state index contributed by atoms with van der Waals surface area (Å²) in [4.78, 5) is 0. The van der Waals surface area contributed by atoms with Gasteiger partial charge in [0.2, 0.25) is 0 Å². The minimum Gasteiger partial charge on any atom is -0.490 e. The van der Waals surface area contributed by atoms with Gasteiger partial charge in [-0.25, -0.2) is 0 Å². The summed E-state index contributed by atoms with van der Waals surface area (Å²) in [7, 11) is 0. The van der Waals surface area contributed by atoms with E-state index in [4.69, 9.17) is 9.47 Å². The van der Waals surface area contributed by atoms with Gasteiger partial charge in [0.15, 0.2) is 0 Å². The molecule has 0 bridgehead atoms. The molecular weight excluding hydrogens is 176 g/mol. The van der Waals surface area contributed by atoms with Gasteiger partial charge in [-0.3, -0.25) is 0 Å². The number of allylic oxidation sites excluding steroid dienone is 2. The van der Waals surface area contributed by atoms with Crippen molar-refractivity contribution in [3.05, 3.63) is 49.0 Å². The summed E-state index contributed by atoms with van der Waals surface area (Å²) in [5, 5.41) is 0. The van der Waals surface area contributed by atoms with E-state index < -0.39 is 0 Å². The minimum atomic E-state index is 0.442. The maximum Gasteiger partial charge on any atom is 0.122 e. The summed E-state index contributed by atoms with van der Waals surface area (Å²) in [6.45, 7) is 19.3. The molecule has 0 aliphatic rings. The molecule has 2 heteroatoms. The highest BCUT2D eigenvalue weighted by Gasteiger charge is 1.97. The van der Waals surface area contributed by atoms with Crippen molar-refractivity contribution in [1.29, 1.82) is 0 Å². The summed E-state index contributed by atoms with van der Waals surface area (Å²) < 4.78 is 10.5. The Morgan fingerprint density at radius 3 is 1.29 bits per heavy atom. The monoisotopic (exact) mass is 194 g/mol. The lowest BCUT2D eigenvalue weighted by Crippen LogP contribution is -2.04. The molecule has 78 valence electrons. The molecule has 0 unspecified atom stereocenters. The molecule has 14 heavy (non-hydrogen) atoms. The minimum absolute atomic E-state index is 0.442. The molecule has 0 rings (SSSR count). The Hall–Kier alpha value is -1.44. The van der Waals surface area contributed by atoms with E-state index in [0.717, 1.165) is 11.1 Å². The van der Waals surface area contributed by atoms with Gasteiger partial charge < -0.3 is 9.47 Å². The van der Waals surface area contributed by atoms with Crippen molar-refractivity contribution in [1.82, 2.24) is 0 Å². The van der Waals surface area contributed by atoms with Gasteiger partial charge in [0.25, 0.3) is 0 Å². The molecule has 2 nitrogen and oxygen atoms in total. The molecule has 0 aliphatic heterocycles. The molecule has 0 amide bonds. The Balaban J connectivity index is 3.57. The molecule has 0 spiro atoms. The molecule has 0 aromatic carbocycles. The van der Waals surface area contributed by atoms with Crippen LogP contribution in [0.5, 0.6) is 0 Å². The third-order valence-corrected chi connectivity index (χ3v) is 1.59. The molecule has 0 aliphatic carbocycles. The molecule has 0 aromatic heterocycles. The molecular formula is C12H18O2. The first-order chi connectivity index (χ1) is 6.45. The average Bonchev–Trinajstić information content (AvgIpc) is 2.11. The van der Waals surface area contributed by atoms with E-state index in [1.54, 1.807) is 0 Å². The Morgan fingerprint density at radius 2 is 1.07 bits per heavy atom. The molecule has 0 radical (unpaired) electrons. The smallest absolute Gasteiger partial charge is 0.122 e. The van der Waals surface area contributed by atoms with Crippen molar-refractivity contribution in [2.75, 3.05) is 13.2 Å². The second-order valence-electron chi connectivity index (χ2n) is 3.10. The molecule has 0 heterocycles. The number of rotatable bonds is 7. The maximum absolute atomic E-state index is 5.24. The zero-order valence-corrected chi connectivity index (χ0v) is 9.06. The highest BCUT2D eigenvalue weighted by molar-refractivity contribution is 5.16. The van der Waals surface area contributed by atoms with Crippen LogP contribution >= 0.6 is 0 Å². The van der Waals surface area contributed by atoms with Crippen LogP contribution in [0.3, 0.4) is 0 Å². The van der Waals surface area contributed by atoms with Gasteiger partial charge in [-0.15, -0.1) is 0 Å². The van der Waals surface area contributed by atoms with Gasteiger partial charge in [0, 0.05) is 0 Å². The topological polar surface area (TPSA) is 18.5 Å². The van der Waals surface area contributed by atoms with Crippen LogP contribution in [0, 0.1) is 0 Å². The van der Waals surface area contributed by atoms with E-state index in [2.05, 4.69) is 26.3 Å². The lowest BCUT2D eigenvalue weighted by atomic mass is 10.3. The average molecular weight is 194 g/mol. The molecule has 0 aromatic rings. The van der Waals surface area contributed by atoms with E-state index in [9.17, 15) is 0 Å². The van der Waals surface area contributed by atoms with Crippen LogP contribution in [0.15, 0.2) is 49.0 Å². The first-order valence-electron chi connectivity index (χ1n) is 4.40. The standard InChI is InChI=1S/C12H18O2/c1-9(2)11(5)13-7-8-14-12(6)10(3)4/h1,3,5-8H2,2,4H3. The predicted molar refractivity (Wildman–Crippen MR) is 59.8 cm³/mol. The Labute approximate surface area is 86.2 Å². The largest absolute Gasteiger partial charge is 0.490 e. The van der Waals surface area contributed by atoms with Crippen molar-refractivity contribution in [3.63, 3.8) is 0 Å². The van der Waals surface area contributed by atoms with Gasteiger partial charge in [-0.1, -0.05) is 26.3 Å². The summed E-state index contributed by atoms with van der Waals surface area (Å²) in [6, 6.07) is 0. The van der Waals surface area contributed by atoms with Crippen LogP contribution in [0.2, 0.25) is 0 Å². The zero-order chi connectivity index (χ0) is 11.1. The quantitative estimate of drug-likeness (QED) is 0.352. The van der Waals surface area contributed by atoms with Gasteiger partial charge in [0.05, 0.1) is 0 Å². The van der Waals surface area contributed by atoms with Crippen LogP contribution in [0.1, 0.15) is 13.8 Å². The predicted octanol–water partition coefficient (Wildman–Crippen LogP) is 3.20. The van der Waals surface area contributed by atoms with Crippen molar-refractivity contribution in [2.45, 2.75) is 13.8 Å². The SMILES string of the molecule is C=C(C)C(=C)OCCOC(=C)C(=C)C. The van der Waals surface area contributed by atoms with Crippen molar-refractivity contribution in [2.24, 2.45) is 0 Å². The first-order valence-corrected chi connectivity index (χ1v) is 4.40. The summed E-state index contributed by atoms with van der Waals surface area (Å²) in [6.07, 6.45) is 0. The van der Waals surface area contributed by atoms with Gasteiger partial charge in [-0.05, 0) is 25.0 Å². The first kappa shape index (κ1) is 12.6. The van der Waals surface area contributed by atoms with Crippen molar-refractivity contribution in [3.8, 4) is 0 Å². The van der Waals surface area contributed by atoms with E-state index >= 15 is 0 Å². The highest BCUT2D eigenvalue weighted by atomic mass is 16.5. The third kappa shape index (κ3) is 5.25. The maximum atomic E-state index is 5.24. The second-order valence-corrected chi connectivity index (χ2v) is 3.10. The lowest BCUT2D eigenvalue weighted by molar-refractivity contribution is 0.125. The van der Waals surface area contributed by atoms with Crippen molar-refractivity contribution < 1.29 is 9.47 Å². The van der Waals surface area contributed by atoms with Crippen molar-refractivity contribution >= 4 is 0 Å². The van der Waals surface area contributed by atoms with Gasteiger partial charge >= 0.3 is 0 Å². The van der Waals surface area contributed by atoms with Crippen LogP contribution in [-0.4, -0.2) is 13.2 Å². The van der Waals surface area contributed by atoms with E-state index in [1.165, 1.54) is 0 Å². The van der Waals surface area contributed by atoms with E-state index in [0.29, 0.717) is 24.7 Å². The third-order valence-electron chi connectivity index (χ3n) is 1.59. The van der Waals surface area contributed by atoms with Crippen LogP contribution in [-0.2, 0) is 9.47 Å². The molecule has 0 saturated heterocycles.